The summed E-state index contributed by atoms with van der Waals surface area (Å²) in [5.74, 6) is 0. The second-order valence-corrected chi connectivity index (χ2v) is 7.17. The van der Waals surface area contributed by atoms with Crippen LogP contribution < -0.4 is 17.7 Å². The lowest BCUT2D eigenvalue weighted by atomic mass is 10.0. The highest BCUT2D eigenvalue weighted by molar-refractivity contribution is 4.49. The lowest BCUT2D eigenvalue weighted by Crippen LogP contribution is -3.00. The van der Waals surface area contributed by atoms with Crippen molar-refractivity contribution in [1.29, 1.82) is 0 Å². The Morgan fingerprint density at radius 3 is 1.09 bits per heavy atom. The summed E-state index contributed by atoms with van der Waals surface area (Å²) < 4.78 is 0. The molecule has 0 aliphatic rings. The molecule has 0 aromatic heterocycles. The molecule has 0 atom stereocenters. The van der Waals surface area contributed by atoms with Crippen molar-refractivity contribution in [1.82, 2.24) is 0 Å². The average molecular weight is 348 g/mol. The molecule has 0 saturated heterocycles. The third-order valence-corrected chi connectivity index (χ3v) is 4.75. The fraction of sp³-hybridized carbons (Fsp3) is 1.00. The maximum Gasteiger partial charge on any atom is 0.0755 e. The van der Waals surface area contributed by atoms with Crippen molar-refractivity contribution in [3.8, 4) is 0 Å². The maximum atomic E-state index is 2.48. The Hall–Kier alpha value is 0.250. The zero-order valence-corrected chi connectivity index (χ0v) is 17.1. The molecule has 0 rings (SSSR count). The minimum Gasteiger partial charge on any atom is -1.00 e. The largest absolute Gasteiger partial charge is 1.00 e. The summed E-state index contributed by atoms with van der Waals surface area (Å²) in [6.07, 6.45) is 24.8. The highest BCUT2D eigenvalue weighted by Gasteiger charge is 1.95. The summed E-state index contributed by atoms with van der Waals surface area (Å²) in [4.78, 5) is 0. The number of unbranched alkanes of at least 4 members (excludes halogenated alkanes) is 15. The van der Waals surface area contributed by atoms with Crippen LogP contribution in [-0.2, 0) is 0 Å². The summed E-state index contributed by atoms with van der Waals surface area (Å²) in [7, 11) is 0. The molecule has 0 bridgehead atoms. The van der Waals surface area contributed by atoms with Crippen LogP contribution in [0.2, 0.25) is 0 Å². The Morgan fingerprint density at radius 1 is 0.391 bits per heavy atom. The van der Waals surface area contributed by atoms with Crippen molar-refractivity contribution in [3.63, 3.8) is 0 Å². The molecule has 0 heterocycles. The minimum atomic E-state index is 0. The van der Waals surface area contributed by atoms with Gasteiger partial charge in [0.15, 0.2) is 0 Å². The molecule has 0 aliphatic carbocycles. The van der Waals surface area contributed by atoms with Crippen LogP contribution in [0.5, 0.6) is 0 Å². The summed E-state index contributed by atoms with van der Waals surface area (Å²) in [6.45, 7) is 7.24. The highest BCUT2D eigenvalue weighted by atomic mass is 35.5. The van der Waals surface area contributed by atoms with Gasteiger partial charge in [-0.2, -0.15) is 0 Å². The standard InChI is InChI=1S/C21H45N.ClH/c1-3-5-6-7-8-9-10-11-12-13-14-15-16-17-18-19-21-22-20-4-2;/h22H,3-21H2,1-2H3;1H. The lowest BCUT2D eigenvalue weighted by molar-refractivity contribution is -0.655. The van der Waals surface area contributed by atoms with Gasteiger partial charge in [-0.05, 0) is 19.3 Å². The summed E-state index contributed by atoms with van der Waals surface area (Å²) in [6, 6.07) is 0. The predicted molar refractivity (Wildman–Crippen MR) is 101 cm³/mol. The lowest BCUT2D eigenvalue weighted by Gasteiger charge is -2.03. The molecule has 142 valence electrons. The van der Waals surface area contributed by atoms with Gasteiger partial charge in [0.1, 0.15) is 0 Å². The molecule has 23 heavy (non-hydrogen) atoms. The molecular weight excluding hydrogens is 302 g/mol. The number of nitrogens with two attached hydrogens (primary N) is 1. The van der Waals surface area contributed by atoms with Crippen molar-refractivity contribution in [2.75, 3.05) is 13.1 Å². The molecule has 0 aromatic rings. The average Bonchev–Trinajstić information content (AvgIpc) is 2.54. The van der Waals surface area contributed by atoms with Gasteiger partial charge in [-0.3, -0.25) is 0 Å². The molecule has 1 nitrogen and oxygen atoms in total. The Balaban J connectivity index is 0. The molecule has 0 unspecified atom stereocenters. The molecule has 0 saturated carbocycles. The number of hydrogen-bond acceptors (Lipinski definition) is 0. The van der Waals surface area contributed by atoms with Crippen molar-refractivity contribution in [2.45, 2.75) is 123 Å². The van der Waals surface area contributed by atoms with Gasteiger partial charge in [-0.15, -0.1) is 0 Å². The Morgan fingerprint density at radius 2 is 0.739 bits per heavy atom. The molecule has 0 amide bonds. The van der Waals surface area contributed by atoms with E-state index in [0.717, 1.165) is 0 Å². The van der Waals surface area contributed by atoms with E-state index in [1.165, 1.54) is 122 Å². The van der Waals surface area contributed by atoms with Crippen LogP contribution in [0.25, 0.3) is 0 Å². The number of hydrogen-bond donors (Lipinski definition) is 1. The maximum absolute atomic E-state index is 2.48. The van der Waals surface area contributed by atoms with E-state index in [2.05, 4.69) is 19.2 Å². The van der Waals surface area contributed by atoms with Gasteiger partial charge in [-0.25, -0.2) is 0 Å². The second kappa shape index (κ2) is 24.5. The number of quaternary nitrogens is 1. The molecule has 0 spiro atoms. The summed E-state index contributed by atoms with van der Waals surface area (Å²) in [5.41, 5.74) is 0. The Kier molecular flexibility index (Phi) is 27.2. The third kappa shape index (κ3) is 24.6. The SMILES string of the molecule is CCCCCCCCCCCCCCCCCC[NH2+]CCC.[Cl-]. The highest BCUT2D eigenvalue weighted by Crippen LogP contribution is 2.13. The van der Waals surface area contributed by atoms with Crippen molar-refractivity contribution in [3.05, 3.63) is 0 Å². The Bertz CT molecular complexity index is 165. The van der Waals surface area contributed by atoms with Crippen molar-refractivity contribution in [2.24, 2.45) is 0 Å². The topological polar surface area (TPSA) is 16.6 Å². The van der Waals surface area contributed by atoms with Crippen molar-refractivity contribution >= 4 is 0 Å². The van der Waals surface area contributed by atoms with Gasteiger partial charge < -0.3 is 17.7 Å². The molecular formula is C21H46ClN. The van der Waals surface area contributed by atoms with Crippen LogP contribution in [0.15, 0.2) is 0 Å². The first-order valence-electron chi connectivity index (χ1n) is 10.7. The molecule has 2 N–H and O–H groups in total. The van der Waals surface area contributed by atoms with Crippen molar-refractivity contribution < 1.29 is 17.7 Å². The van der Waals surface area contributed by atoms with E-state index in [-0.39, 0.29) is 12.4 Å². The van der Waals surface area contributed by atoms with Gasteiger partial charge in [-0.1, -0.05) is 104 Å². The van der Waals surface area contributed by atoms with E-state index in [0.29, 0.717) is 0 Å². The molecule has 0 aliphatic heterocycles. The van der Waals surface area contributed by atoms with Gasteiger partial charge in [0.05, 0.1) is 13.1 Å². The molecule has 2 heteroatoms. The smallest absolute Gasteiger partial charge is 0.0755 e. The van der Waals surface area contributed by atoms with Crippen LogP contribution in [0.1, 0.15) is 123 Å². The quantitative estimate of drug-likeness (QED) is 0.345. The van der Waals surface area contributed by atoms with Gasteiger partial charge in [0.2, 0.25) is 0 Å². The predicted octanol–water partition coefficient (Wildman–Crippen LogP) is 3.23. The molecule has 0 aromatic carbocycles. The van der Waals surface area contributed by atoms with Gasteiger partial charge in [0.25, 0.3) is 0 Å². The van der Waals surface area contributed by atoms with E-state index >= 15 is 0 Å². The third-order valence-electron chi connectivity index (χ3n) is 4.75. The van der Waals surface area contributed by atoms with E-state index in [9.17, 15) is 0 Å². The Labute approximate surface area is 154 Å². The first-order chi connectivity index (χ1) is 10.9. The first kappa shape index (κ1) is 25.5. The van der Waals surface area contributed by atoms with Crippen LogP contribution in [0.4, 0.5) is 0 Å². The van der Waals surface area contributed by atoms with Crippen LogP contribution in [0, 0.1) is 0 Å². The zero-order valence-electron chi connectivity index (χ0n) is 16.4. The van der Waals surface area contributed by atoms with Crippen LogP contribution in [-0.4, -0.2) is 13.1 Å². The van der Waals surface area contributed by atoms with E-state index in [4.69, 9.17) is 0 Å². The number of rotatable bonds is 19. The normalized spacial score (nSPS) is 10.7. The minimum absolute atomic E-state index is 0. The fourth-order valence-corrected chi connectivity index (χ4v) is 3.19. The van der Waals surface area contributed by atoms with Crippen LogP contribution >= 0.6 is 0 Å². The number of halogens is 1. The zero-order chi connectivity index (χ0) is 16.1. The van der Waals surface area contributed by atoms with Gasteiger partial charge >= 0.3 is 0 Å². The van der Waals surface area contributed by atoms with E-state index in [1.54, 1.807) is 0 Å². The van der Waals surface area contributed by atoms with Crippen LogP contribution in [0.3, 0.4) is 0 Å². The second-order valence-electron chi connectivity index (χ2n) is 7.17. The van der Waals surface area contributed by atoms with Gasteiger partial charge in [0, 0.05) is 0 Å². The first-order valence-corrected chi connectivity index (χ1v) is 10.7. The summed E-state index contributed by atoms with van der Waals surface area (Å²) in [5, 5.41) is 2.48. The monoisotopic (exact) mass is 347 g/mol. The van der Waals surface area contributed by atoms with E-state index < -0.39 is 0 Å². The van der Waals surface area contributed by atoms with E-state index in [1.807, 2.05) is 0 Å². The summed E-state index contributed by atoms with van der Waals surface area (Å²) >= 11 is 0. The molecule has 0 radical (unpaired) electrons. The fourth-order valence-electron chi connectivity index (χ4n) is 3.19. The molecule has 0 fully saturated rings.